The Balaban J connectivity index is 2.08. The molecule has 25 heavy (non-hydrogen) atoms. The Morgan fingerprint density at radius 3 is 2.72 bits per heavy atom. The van der Waals surface area contributed by atoms with Crippen LogP contribution in [-0.4, -0.2) is 16.4 Å². The third-order valence-electron chi connectivity index (χ3n) is 3.85. The number of fused-ring (bicyclic) bond motifs is 1. The van der Waals surface area contributed by atoms with Gasteiger partial charge in [0.25, 0.3) is 0 Å². The van der Waals surface area contributed by atoms with Crippen LogP contribution in [0, 0.1) is 32.2 Å². The van der Waals surface area contributed by atoms with Crippen LogP contribution < -0.4 is 5.32 Å². The molecule has 0 amide bonds. The Hall–Kier alpha value is -2.78. The number of aromatic nitrogens is 1. The van der Waals surface area contributed by atoms with Gasteiger partial charge in [-0.2, -0.15) is 5.26 Å². The molecule has 0 saturated carbocycles. The fourth-order valence-corrected chi connectivity index (χ4v) is 2.98. The van der Waals surface area contributed by atoms with E-state index in [1.165, 1.54) is 11.8 Å². The van der Waals surface area contributed by atoms with Crippen LogP contribution >= 0.6 is 11.8 Å². The highest BCUT2D eigenvalue weighted by atomic mass is 32.2. The van der Waals surface area contributed by atoms with Gasteiger partial charge in [0.15, 0.2) is 16.9 Å². The van der Waals surface area contributed by atoms with E-state index in [1.54, 1.807) is 0 Å². The summed E-state index contributed by atoms with van der Waals surface area (Å²) in [5.41, 5.74) is 6.54. The minimum absolute atomic E-state index is 0.548. The largest absolute Gasteiger partial charge is 0.436 e. The smallest absolute Gasteiger partial charge is 0.227 e. The predicted molar refractivity (Wildman–Crippen MR) is 103 cm³/mol. The summed E-state index contributed by atoms with van der Waals surface area (Å²) < 4.78 is 5.98. The number of thioether (sulfide) groups is 1. The topological polar surface area (TPSA) is 74.2 Å². The summed E-state index contributed by atoms with van der Waals surface area (Å²) >= 11 is 1.38. The van der Waals surface area contributed by atoms with Gasteiger partial charge in [0, 0.05) is 5.56 Å². The third kappa shape index (κ3) is 3.52. The van der Waals surface area contributed by atoms with Crippen LogP contribution in [0.25, 0.3) is 22.6 Å². The second-order valence-electron chi connectivity index (χ2n) is 5.81. The molecule has 0 spiro atoms. The van der Waals surface area contributed by atoms with Crippen molar-refractivity contribution in [1.29, 1.82) is 5.26 Å². The number of hydrogen-bond donors (Lipinski definition) is 1. The number of amidine groups is 1. The van der Waals surface area contributed by atoms with Crippen molar-refractivity contribution < 1.29 is 4.42 Å². The van der Waals surface area contributed by atoms with Gasteiger partial charge in [0.2, 0.25) is 5.89 Å². The molecule has 0 fully saturated rings. The predicted octanol–water partition coefficient (Wildman–Crippen LogP) is 4.84. The van der Waals surface area contributed by atoms with Crippen molar-refractivity contribution in [3.63, 3.8) is 0 Å². The van der Waals surface area contributed by atoms with E-state index >= 15 is 0 Å². The minimum atomic E-state index is 0.548. The molecule has 0 atom stereocenters. The maximum atomic E-state index is 8.80. The summed E-state index contributed by atoms with van der Waals surface area (Å²) in [6.07, 6.45) is 3.77. The van der Waals surface area contributed by atoms with Gasteiger partial charge in [-0.05, 0) is 61.9 Å². The highest BCUT2D eigenvalue weighted by Crippen LogP contribution is 2.31. The number of nitrogens with zero attached hydrogens (tertiary/aromatic N) is 3. The Morgan fingerprint density at radius 1 is 1.20 bits per heavy atom. The van der Waals surface area contributed by atoms with Gasteiger partial charge in [0.05, 0.1) is 5.69 Å². The van der Waals surface area contributed by atoms with Crippen molar-refractivity contribution >= 4 is 33.7 Å². The van der Waals surface area contributed by atoms with E-state index in [2.05, 4.69) is 21.4 Å². The van der Waals surface area contributed by atoms with Gasteiger partial charge >= 0.3 is 0 Å². The highest BCUT2D eigenvalue weighted by Gasteiger charge is 2.12. The van der Waals surface area contributed by atoms with E-state index in [1.807, 2.05) is 57.5 Å². The lowest BCUT2D eigenvalue weighted by Gasteiger charge is -2.05. The van der Waals surface area contributed by atoms with Gasteiger partial charge in [-0.1, -0.05) is 23.9 Å². The second kappa shape index (κ2) is 6.99. The molecule has 0 aliphatic rings. The van der Waals surface area contributed by atoms with E-state index in [-0.39, 0.29) is 0 Å². The van der Waals surface area contributed by atoms with Crippen LogP contribution in [0.3, 0.4) is 0 Å². The first-order valence-corrected chi connectivity index (χ1v) is 9.01. The van der Waals surface area contributed by atoms with Gasteiger partial charge in [0.1, 0.15) is 5.52 Å². The lowest BCUT2D eigenvalue weighted by atomic mass is 10.1. The van der Waals surface area contributed by atoms with Crippen molar-refractivity contribution in [2.75, 3.05) is 6.26 Å². The number of oxazole rings is 1. The van der Waals surface area contributed by atoms with Crippen molar-refractivity contribution in [3.8, 4) is 17.6 Å². The Labute approximate surface area is 150 Å². The summed E-state index contributed by atoms with van der Waals surface area (Å²) in [5.74, 6) is 0.569. The van der Waals surface area contributed by atoms with Gasteiger partial charge in [-0.3, -0.25) is 5.32 Å². The molecular weight excluding hydrogens is 332 g/mol. The van der Waals surface area contributed by atoms with E-state index < -0.39 is 0 Å². The first-order chi connectivity index (χ1) is 12.0. The van der Waals surface area contributed by atoms with Crippen LogP contribution in [-0.2, 0) is 0 Å². The monoisotopic (exact) mass is 350 g/mol. The summed E-state index contributed by atoms with van der Waals surface area (Å²) in [6, 6.07) is 9.98. The number of nitriles is 1. The molecule has 0 saturated heterocycles. The number of hydrogen-bond acceptors (Lipinski definition) is 5. The van der Waals surface area contributed by atoms with Crippen molar-refractivity contribution in [2.24, 2.45) is 4.99 Å². The third-order valence-corrected chi connectivity index (χ3v) is 4.43. The zero-order valence-electron chi connectivity index (χ0n) is 14.5. The highest BCUT2D eigenvalue weighted by molar-refractivity contribution is 8.13. The molecule has 6 heteroatoms. The van der Waals surface area contributed by atoms with Crippen molar-refractivity contribution in [2.45, 2.75) is 20.8 Å². The molecule has 2 aromatic carbocycles. The molecule has 0 aliphatic heterocycles. The van der Waals surface area contributed by atoms with Crippen LogP contribution in [0.2, 0.25) is 0 Å². The molecule has 5 nitrogen and oxygen atoms in total. The Morgan fingerprint density at radius 2 is 2.00 bits per heavy atom. The van der Waals surface area contributed by atoms with Gasteiger partial charge in [-0.15, -0.1) is 0 Å². The van der Waals surface area contributed by atoms with E-state index in [0.717, 1.165) is 39.0 Å². The number of benzene rings is 2. The van der Waals surface area contributed by atoms with Crippen molar-refractivity contribution in [3.05, 3.63) is 47.0 Å². The van der Waals surface area contributed by atoms with Gasteiger partial charge in [-0.25, -0.2) is 9.98 Å². The second-order valence-corrected chi connectivity index (χ2v) is 6.60. The molecule has 1 aromatic heterocycles. The Bertz CT molecular complexity index is 1010. The van der Waals surface area contributed by atoms with Gasteiger partial charge < -0.3 is 4.42 Å². The normalized spacial score (nSPS) is 11.6. The van der Waals surface area contributed by atoms with E-state index in [9.17, 15) is 0 Å². The fraction of sp³-hybridized carbons (Fsp3) is 0.211. The van der Waals surface area contributed by atoms with Crippen molar-refractivity contribution in [1.82, 2.24) is 10.3 Å². The first kappa shape index (κ1) is 17.1. The number of aliphatic imine (C=N–C) groups is 1. The van der Waals surface area contributed by atoms with Crippen LogP contribution in [0.5, 0.6) is 0 Å². The van der Waals surface area contributed by atoms with Crippen LogP contribution in [0.15, 0.2) is 39.7 Å². The molecule has 3 aromatic rings. The van der Waals surface area contributed by atoms with E-state index in [4.69, 9.17) is 9.68 Å². The lowest BCUT2D eigenvalue weighted by Crippen LogP contribution is -2.12. The van der Waals surface area contributed by atoms with E-state index in [0.29, 0.717) is 11.1 Å². The average molecular weight is 350 g/mol. The standard InChI is InChI=1S/C19H18N4OS/c1-11-7-13(3)17-16(8-11)22-18(24-17)14-6-5-12(2)15(9-14)23-19(25-4)21-10-20/h5-9H,1-4H3,(H,21,23). The lowest BCUT2D eigenvalue weighted by molar-refractivity contribution is 0.617. The number of aryl methyl sites for hydroxylation is 3. The fourth-order valence-electron chi connectivity index (χ4n) is 2.64. The molecule has 0 aliphatic carbocycles. The molecule has 1 N–H and O–H groups in total. The number of rotatable bonds is 2. The summed E-state index contributed by atoms with van der Waals surface area (Å²) in [4.78, 5) is 9.14. The molecular formula is C19H18N4OS. The molecule has 1 heterocycles. The quantitative estimate of drug-likeness (QED) is 0.310. The van der Waals surface area contributed by atoms with Crippen LogP contribution in [0.4, 0.5) is 5.69 Å². The SMILES string of the molecule is CSC(=Nc1cc(-c2nc3cc(C)cc(C)c3o2)ccc1C)NC#N. The summed E-state index contributed by atoms with van der Waals surface area (Å²) in [7, 11) is 0. The molecule has 3 rings (SSSR count). The zero-order valence-corrected chi connectivity index (χ0v) is 15.4. The molecule has 126 valence electrons. The van der Waals surface area contributed by atoms with Crippen LogP contribution in [0.1, 0.15) is 16.7 Å². The zero-order chi connectivity index (χ0) is 18.0. The maximum absolute atomic E-state index is 8.80. The summed E-state index contributed by atoms with van der Waals surface area (Å²) in [6.45, 7) is 6.05. The minimum Gasteiger partial charge on any atom is -0.436 e. The molecule has 0 unspecified atom stereocenters. The summed E-state index contributed by atoms with van der Waals surface area (Å²) in [5, 5.41) is 11.9. The maximum Gasteiger partial charge on any atom is 0.227 e. The Kier molecular flexibility index (Phi) is 4.77. The molecule has 0 radical (unpaired) electrons. The number of nitrogens with one attached hydrogen (secondary N) is 1. The molecule has 0 bridgehead atoms. The average Bonchev–Trinajstić information content (AvgIpc) is 3.00. The first-order valence-electron chi connectivity index (χ1n) is 7.78.